The molecule has 2 aromatic carbocycles. The van der Waals surface area contributed by atoms with Crippen LogP contribution in [0.15, 0.2) is 36.1 Å². The van der Waals surface area contributed by atoms with Crippen molar-refractivity contribution in [2.75, 3.05) is 21.3 Å². The van der Waals surface area contributed by atoms with Crippen LogP contribution in [-0.4, -0.2) is 32.9 Å². The number of ketones is 2. The number of rotatable bonds is 3. The molecule has 0 aromatic heterocycles. The fourth-order valence-electron chi connectivity index (χ4n) is 2.72. The van der Waals surface area contributed by atoms with Crippen molar-refractivity contribution in [2.24, 2.45) is 0 Å². The van der Waals surface area contributed by atoms with E-state index in [1.807, 2.05) is 6.07 Å². The molecule has 1 aliphatic rings. The van der Waals surface area contributed by atoms with Gasteiger partial charge in [0.25, 0.3) is 0 Å². The maximum absolute atomic E-state index is 12.5. The van der Waals surface area contributed by atoms with Crippen molar-refractivity contribution in [1.29, 1.82) is 0 Å². The lowest BCUT2D eigenvalue weighted by Gasteiger charge is -2.18. The SMILES string of the molecule is COC1=CC(=O)c2c(ccc3ccc(OC)c(OC)c23)C1=O. The van der Waals surface area contributed by atoms with Gasteiger partial charge < -0.3 is 14.2 Å². The molecule has 0 N–H and O–H groups in total. The Bertz CT molecular complexity index is 833. The Morgan fingerprint density at radius 1 is 0.864 bits per heavy atom. The van der Waals surface area contributed by atoms with Crippen LogP contribution in [0.25, 0.3) is 10.8 Å². The third-order valence-electron chi connectivity index (χ3n) is 3.72. The van der Waals surface area contributed by atoms with Gasteiger partial charge in [-0.25, -0.2) is 0 Å². The van der Waals surface area contributed by atoms with Gasteiger partial charge in [-0.3, -0.25) is 9.59 Å². The molecule has 5 nitrogen and oxygen atoms in total. The van der Waals surface area contributed by atoms with Crippen LogP contribution in [-0.2, 0) is 4.74 Å². The number of hydrogen-bond acceptors (Lipinski definition) is 5. The second kappa shape index (κ2) is 5.18. The maximum Gasteiger partial charge on any atom is 0.228 e. The van der Waals surface area contributed by atoms with Gasteiger partial charge in [0, 0.05) is 22.6 Å². The quantitative estimate of drug-likeness (QED) is 0.872. The van der Waals surface area contributed by atoms with E-state index in [2.05, 4.69) is 0 Å². The number of fused-ring (bicyclic) bond motifs is 3. The summed E-state index contributed by atoms with van der Waals surface area (Å²) in [7, 11) is 4.39. The van der Waals surface area contributed by atoms with Crippen molar-refractivity contribution in [1.82, 2.24) is 0 Å². The molecule has 3 rings (SSSR count). The first-order valence-corrected chi connectivity index (χ1v) is 6.64. The molecule has 5 heteroatoms. The van der Waals surface area contributed by atoms with Gasteiger partial charge in [0.2, 0.25) is 5.78 Å². The lowest BCUT2D eigenvalue weighted by atomic mass is 9.88. The van der Waals surface area contributed by atoms with E-state index in [1.54, 1.807) is 18.2 Å². The van der Waals surface area contributed by atoms with E-state index in [0.29, 0.717) is 28.0 Å². The first kappa shape index (κ1) is 14.1. The number of benzene rings is 2. The monoisotopic (exact) mass is 298 g/mol. The molecule has 0 saturated heterocycles. The number of allylic oxidation sites excluding steroid dienone is 2. The van der Waals surface area contributed by atoms with Crippen LogP contribution in [0.3, 0.4) is 0 Å². The van der Waals surface area contributed by atoms with Crippen molar-refractivity contribution in [3.05, 3.63) is 47.2 Å². The minimum Gasteiger partial charge on any atom is -0.493 e. The van der Waals surface area contributed by atoms with E-state index in [4.69, 9.17) is 14.2 Å². The Labute approximate surface area is 127 Å². The Balaban J connectivity index is 2.42. The van der Waals surface area contributed by atoms with Gasteiger partial charge in [0.15, 0.2) is 23.0 Å². The summed E-state index contributed by atoms with van der Waals surface area (Å²) >= 11 is 0. The lowest BCUT2D eigenvalue weighted by molar-refractivity contribution is 0.0917. The number of ether oxygens (including phenoxy) is 3. The molecule has 1 aliphatic carbocycles. The van der Waals surface area contributed by atoms with Crippen LogP contribution in [0.5, 0.6) is 11.5 Å². The van der Waals surface area contributed by atoms with Crippen molar-refractivity contribution >= 4 is 22.3 Å². The Hall–Kier alpha value is -2.82. The van der Waals surface area contributed by atoms with E-state index in [9.17, 15) is 9.59 Å². The zero-order chi connectivity index (χ0) is 15.9. The van der Waals surface area contributed by atoms with Gasteiger partial charge in [-0.05, 0) is 17.5 Å². The van der Waals surface area contributed by atoms with Gasteiger partial charge in [-0.2, -0.15) is 0 Å². The average Bonchev–Trinajstić information content (AvgIpc) is 2.55. The summed E-state index contributed by atoms with van der Waals surface area (Å²) in [6.07, 6.45) is 1.21. The van der Waals surface area contributed by atoms with Crippen molar-refractivity contribution in [3.8, 4) is 11.5 Å². The molecule has 0 fully saturated rings. The van der Waals surface area contributed by atoms with Crippen LogP contribution in [0.4, 0.5) is 0 Å². The van der Waals surface area contributed by atoms with Gasteiger partial charge in [0.1, 0.15) is 0 Å². The van der Waals surface area contributed by atoms with Gasteiger partial charge >= 0.3 is 0 Å². The summed E-state index contributed by atoms with van der Waals surface area (Å²) in [4.78, 5) is 24.9. The molecule has 0 amide bonds. The van der Waals surface area contributed by atoms with E-state index in [-0.39, 0.29) is 17.3 Å². The Morgan fingerprint density at radius 2 is 1.59 bits per heavy atom. The molecule has 22 heavy (non-hydrogen) atoms. The van der Waals surface area contributed by atoms with Crippen molar-refractivity contribution in [3.63, 3.8) is 0 Å². The average molecular weight is 298 g/mol. The molecule has 0 saturated carbocycles. The molecule has 0 unspecified atom stereocenters. The van der Waals surface area contributed by atoms with Crippen LogP contribution in [0.1, 0.15) is 20.7 Å². The highest BCUT2D eigenvalue weighted by Gasteiger charge is 2.30. The Morgan fingerprint density at radius 3 is 2.23 bits per heavy atom. The summed E-state index contributed by atoms with van der Waals surface area (Å²) < 4.78 is 15.7. The summed E-state index contributed by atoms with van der Waals surface area (Å²) in [6, 6.07) is 7.00. The number of hydrogen-bond donors (Lipinski definition) is 0. The molecule has 0 spiro atoms. The summed E-state index contributed by atoms with van der Waals surface area (Å²) in [5.74, 6) is 0.378. The highest BCUT2D eigenvalue weighted by Crippen LogP contribution is 2.40. The van der Waals surface area contributed by atoms with Gasteiger partial charge in [0.05, 0.1) is 21.3 Å². The first-order chi connectivity index (χ1) is 10.6. The molecule has 0 radical (unpaired) electrons. The maximum atomic E-state index is 12.5. The predicted octanol–water partition coefficient (Wildman–Crippen LogP) is 2.77. The van der Waals surface area contributed by atoms with Crippen molar-refractivity contribution < 1.29 is 23.8 Å². The fourth-order valence-corrected chi connectivity index (χ4v) is 2.72. The zero-order valence-corrected chi connectivity index (χ0v) is 12.4. The van der Waals surface area contributed by atoms with Gasteiger partial charge in [-0.1, -0.05) is 12.1 Å². The second-order valence-corrected chi connectivity index (χ2v) is 4.79. The summed E-state index contributed by atoms with van der Waals surface area (Å²) in [5, 5.41) is 1.37. The van der Waals surface area contributed by atoms with Crippen LogP contribution in [0.2, 0.25) is 0 Å². The lowest BCUT2D eigenvalue weighted by Crippen LogP contribution is -2.18. The van der Waals surface area contributed by atoms with E-state index < -0.39 is 0 Å². The Kier molecular flexibility index (Phi) is 3.33. The smallest absolute Gasteiger partial charge is 0.228 e. The third-order valence-corrected chi connectivity index (χ3v) is 3.72. The van der Waals surface area contributed by atoms with Crippen LogP contribution >= 0.6 is 0 Å². The first-order valence-electron chi connectivity index (χ1n) is 6.64. The highest BCUT2D eigenvalue weighted by molar-refractivity contribution is 6.29. The number of Topliss-reactive ketones (excluding diaryl/α,β-unsaturated/α-hetero) is 1. The fraction of sp³-hybridized carbons (Fsp3) is 0.176. The molecular formula is C17H14O5. The third kappa shape index (κ3) is 1.86. The molecule has 0 heterocycles. The van der Waals surface area contributed by atoms with Crippen LogP contribution in [0, 0.1) is 0 Å². The summed E-state index contributed by atoms with van der Waals surface area (Å²) in [5.41, 5.74) is 0.627. The largest absolute Gasteiger partial charge is 0.493 e. The molecule has 0 aliphatic heterocycles. The minimum atomic E-state index is -0.316. The molecule has 112 valence electrons. The summed E-state index contributed by atoms with van der Waals surface area (Å²) in [6.45, 7) is 0. The number of carbonyl (C=O) groups is 2. The number of carbonyl (C=O) groups excluding carboxylic acids is 2. The van der Waals surface area contributed by atoms with Crippen LogP contribution < -0.4 is 9.47 Å². The van der Waals surface area contributed by atoms with E-state index in [0.717, 1.165) is 5.39 Å². The van der Waals surface area contributed by atoms with E-state index in [1.165, 1.54) is 27.4 Å². The zero-order valence-electron chi connectivity index (χ0n) is 12.4. The molecular weight excluding hydrogens is 284 g/mol. The van der Waals surface area contributed by atoms with E-state index >= 15 is 0 Å². The van der Waals surface area contributed by atoms with Crippen molar-refractivity contribution in [2.45, 2.75) is 0 Å². The predicted molar refractivity (Wildman–Crippen MR) is 80.8 cm³/mol. The minimum absolute atomic E-state index is 0.0405. The molecule has 0 bridgehead atoms. The van der Waals surface area contributed by atoms with Gasteiger partial charge in [-0.15, -0.1) is 0 Å². The standard InChI is InChI=1S/C17H14O5/c1-20-12-7-5-9-4-6-10-15(14(9)17(12)22-3)11(18)8-13(21-2)16(10)19/h4-8H,1-3H3. The molecule has 0 atom stereocenters. The molecule has 2 aromatic rings. The second-order valence-electron chi connectivity index (χ2n) is 4.79. The normalized spacial score (nSPS) is 13.7. The highest BCUT2D eigenvalue weighted by atomic mass is 16.5. The number of methoxy groups -OCH3 is 3. The topological polar surface area (TPSA) is 61.8 Å².